The van der Waals surface area contributed by atoms with Gasteiger partial charge in [-0.2, -0.15) is 5.10 Å². The van der Waals surface area contributed by atoms with E-state index < -0.39 is 0 Å². The Morgan fingerprint density at radius 3 is 2.61 bits per heavy atom. The minimum absolute atomic E-state index is 0.470. The third-order valence-corrected chi connectivity index (χ3v) is 4.46. The van der Waals surface area contributed by atoms with Gasteiger partial charge in [-0.25, -0.2) is 9.67 Å². The lowest BCUT2D eigenvalue weighted by molar-refractivity contribution is 0.358. The van der Waals surface area contributed by atoms with Crippen molar-refractivity contribution in [1.29, 1.82) is 0 Å². The molecule has 116 valence electrons. The second-order valence-electron chi connectivity index (χ2n) is 6.04. The van der Waals surface area contributed by atoms with E-state index in [1.807, 2.05) is 10.7 Å². The van der Waals surface area contributed by atoms with Crippen LogP contribution < -0.4 is 5.32 Å². The zero-order valence-corrected chi connectivity index (χ0v) is 13.0. The van der Waals surface area contributed by atoms with E-state index in [0.29, 0.717) is 6.04 Å². The van der Waals surface area contributed by atoms with Gasteiger partial charge in [0, 0.05) is 19.0 Å². The summed E-state index contributed by atoms with van der Waals surface area (Å²) in [4.78, 5) is 4.27. The highest BCUT2D eigenvalue weighted by Gasteiger charge is 2.18. The number of benzene rings is 2. The summed E-state index contributed by atoms with van der Waals surface area (Å²) >= 11 is 0. The van der Waals surface area contributed by atoms with Crippen LogP contribution in [0.5, 0.6) is 0 Å². The maximum Gasteiger partial charge on any atom is 0.138 e. The molecule has 0 saturated carbocycles. The normalized spacial score (nSPS) is 17.0. The predicted molar refractivity (Wildman–Crippen MR) is 90.8 cm³/mol. The quantitative estimate of drug-likeness (QED) is 0.805. The van der Waals surface area contributed by atoms with Crippen molar-refractivity contribution in [2.24, 2.45) is 0 Å². The van der Waals surface area contributed by atoms with E-state index in [2.05, 4.69) is 63.9 Å². The average molecular weight is 304 g/mol. The minimum atomic E-state index is 0.470. The van der Waals surface area contributed by atoms with E-state index in [4.69, 9.17) is 0 Å². The fourth-order valence-corrected chi connectivity index (χ4v) is 3.11. The Morgan fingerprint density at radius 2 is 1.78 bits per heavy atom. The highest BCUT2D eigenvalue weighted by molar-refractivity contribution is 5.63. The maximum atomic E-state index is 4.27. The Balaban J connectivity index is 1.37. The van der Waals surface area contributed by atoms with E-state index >= 15 is 0 Å². The number of hydrogen-bond donors (Lipinski definition) is 1. The molecule has 1 N–H and O–H groups in total. The summed E-state index contributed by atoms with van der Waals surface area (Å²) in [5.41, 5.74) is 3.84. The molecule has 1 aromatic heterocycles. The van der Waals surface area contributed by atoms with Crippen LogP contribution in [0.1, 0.15) is 17.8 Å². The molecule has 1 aliphatic heterocycles. The fraction of sp³-hybridized carbons (Fsp3) is 0.263. The number of nitrogens with one attached hydrogen (secondary N) is 1. The molecular formula is C19H20N4. The molecule has 0 amide bonds. The second kappa shape index (κ2) is 6.34. The predicted octanol–water partition coefficient (Wildman–Crippen LogP) is 3.05. The van der Waals surface area contributed by atoms with Crippen molar-refractivity contribution in [3.63, 3.8) is 0 Å². The highest BCUT2D eigenvalue weighted by atomic mass is 15.3. The summed E-state index contributed by atoms with van der Waals surface area (Å²) in [6.07, 6.45) is 3.78. The van der Waals surface area contributed by atoms with E-state index in [1.54, 1.807) is 6.33 Å². The molecule has 0 saturated heterocycles. The van der Waals surface area contributed by atoms with Gasteiger partial charge in [-0.15, -0.1) is 0 Å². The van der Waals surface area contributed by atoms with Crippen LogP contribution in [0.3, 0.4) is 0 Å². The third-order valence-electron chi connectivity index (χ3n) is 4.46. The van der Waals surface area contributed by atoms with Crippen molar-refractivity contribution in [3.8, 4) is 11.1 Å². The first-order valence-corrected chi connectivity index (χ1v) is 8.13. The van der Waals surface area contributed by atoms with Crippen LogP contribution in [0, 0.1) is 0 Å². The first-order valence-electron chi connectivity index (χ1n) is 8.13. The lowest BCUT2D eigenvalue weighted by Crippen LogP contribution is -2.37. The first kappa shape index (κ1) is 14.2. The molecule has 23 heavy (non-hydrogen) atoms. The molecule has 0 unspecified atom stereocenters. The molecular weight excluding hydrogens is 284 g/mol. The van der Waals surface area contributed by atoms with E-state index in [0.717, 1.165) is 31.8 Å². The van der Waals surface area contributed by atoms with Gasteiger partial charge < -0.3 is 5.32 Å². The van der Waals surface area contributed by atoms with E-state index in [9.17, 15) is 0 Å². The summed E-state index contributed by atoms with van der Waals surface area (Å²) in [7, 11) is 0. The number of nitrogens with zero attached hydrogens (tertiary/aromatic N) is 3. The lowest BCUT2D eigenvalue weighted by atomic mass is 10.0. The van der Waals surface area contributed by atoms with Crippen LogP contribution in [0.25, 0.3) is 11.1 Å². The molecule has 4 rings (SSSR count). The Labute approximate surface area is 136 Å². The number of rotatable bonds is 4. The van der Waals surface area contributed by atoms with Gasteiger partial charge in [0.2, 0.25) is 0 Å². The average Bonchev–Trinajstić information content (AvgIpc) is 3.09. The Morgan fingerprint density at radius 1 is 1.00 bits per heavy atom. The van der Waals surface area contributed by atoms with Crippen LogP contribution in [-0.4, -0.2) is 20.8 Å². The number of fused-ring (bicyclic) bond motifs is 1. The van der Waals surface area contributed by atoms with Gasteiger partial charge in [-0.05, 0) is 23.1 Å². The van der Waals surface area contributed by atoms with E-state index in [-0.39, 0.29) is 0 Å². The topological polar surface area (TPSA) is 42.7 Å². The van der Waals surface area contributed by atoms with Crippen LogP contribution in [0.15, 0.2) is 60.9 Å². The molecule has 1 aliphatic rings. The van der Waals surface area contributed by atoms with Crippen molar-refractivity contribution in [3.05, 3.63) is 72.3 Å². The molecule has 4 heteroatoms. The van der Waals surface area contributed by atoms with Gasteiger partial charge in [0.05, 0.1) is 6.54 Å². The minimum Gasteiger partial charge on any atom is -0.308 e. The molecule has 2 aromatic carbocycles. The smallest absolute Gasteiger partial charge is 0.138 e. The number of hydrogen-bond acceptors (Lipinski definition) is 3. The van der Waals surface area contributed by atoms with Crippen molar-refractivity contribution in [2.75, 3.05) is 0 Å². The van der Waals surface area contributed by atoms with Crippen LogP contribution >= 0.6 is 0 Å². The van der Waals surface area contributed by atoms with Crippen LogP contribution in [0.2, 0.25) is 0 Å². The van der Waals surface area contributed by atoms with Gasteiger partial charge in [-0.1, -0.05) is 54.6 Å². The molecule has 3 aromatic rings. The molecule has 0 aliphatic carbocycles. The zero-order valence-electron chi connectivity index (χ0n) is 13.0. The Kier molecular flexibility index (Phi) is 3.90. The van der Waals surface area contributed by atoms with Crippen molar-refractivity contribution in [1.82, 2.24) is 20.1 Å². The number of aromatic nitrogens is 3. The second-order valence-corrected chi connectivity index (χ2v) is 6.04. The van der Waals surface area contributed by atoms with Gasteiger partial charge in [-0.3, -0.25) is 0 Å². The van der Waals surface area contributed by atoms with Crippen molar-refractivity contribution >= 4 is 0 Å². The van der Waals surface area contributed by atoms with Gasteiger partial charge in [0.1, 0.15) is 12.2 Å². The summed E-state index contributed by atoms with van der Waals surface area (Å²) in [6.45, 7) is 1.81. The molecule has 0 radical (unpaired) electrons. The van der Waals surface area contributed by atoms with Crippen molar-refractivity contribution in [2.45, 2.75) is 32.0 Å². The van der Waals surface area contributed by atoms with Crippen molar-refractivity contribution < 1.29 is 0 Å². The summed E-state index contributed by atoms with van der Waals surface area (Å²) < 4.78 is 2.01. The fourth-order valence-electron chi connectivity index (χ4n) is 3.11. The van der Waals surface area contributed by atoms with E-state index in [1.165, 1.54) is 16.7 Å². The van der Waals surface area contributed by atoms with Gasteiger partial charge in [0.15, 0.2) is 0 Å². The zero-order chi connectivity index (χ0) is 15.5. The molecule has 4 nitrogen and oxygen atoms in total. The molecule has 2 heterocycles. The third kappa shape index (κ3) is 3.17. The van der Waals surface area contributed by atoms with Gasteiger partial charge in [0.25, 0.3) is 0 Å². The summed E-state index contributed by atoms with van der Waals surface area (Å²) in [5, 5.41) is 7.91. The van der Waals surface area contributed by atoms with Gasteiger partial charge >= 0.3 is 0 Å². The van der Waals surface area contributed by atoms with Crippen LogP contribution in [0.4, 0.5) is 0 Å². The maximum absolute atomic E-state index is 4.27. The summed E-state index contributed by atoms with van der Waals surface area (Å²) in [6, 6.07) is 19.8. The van der Waals surface area contributed by atoms with Crippen LogP contribution in [-0.2, 0) is 19.5 Å². The largest absolute Gasteiger partial charge is 0.308 e. The summed E-state index contributed by atoms with van der Waals surface area (Å²) in [5.74, 6) is 1.11. The standard InChI is InChI=1S/C19H20N4/c1-2-4-16(5-3-1)17-8-6-15(7-9-17)12-20-18-10-11-19-21-14-22-23(19)13-18/h1-9,14,18,20H,10-13H2/t18-/m1/s1. The molecule has 0 bridgehead atoms. The molecule has 0 spiro atoms. The SMILES string of the molecule is c1ccc(-c2ccc(CN[C@@H]3CCc4ncnn4C3)cc2)cc1. The highest BCUT2D eigenvalue weighted by Crippen LogP contribution is 2.19. The monoisotopic (exact) mass is 304 g/mol. The lowest BCUT2D eigenvalue weighted by Gasteiger charge is -2.23. The Hall–Kier alpha value is -2.46. The number of aryl methyl sites for hydroxylation is 1. The first-order chi connectivity index (χ1) is 11.4. The molecule has 0 fully saturated rings. The Bertz CT molecular complexity index is 762. The molecule has 1 atom stereocenters.